The maximum Gasteiger partial charge on any atom is 0.0724 e. The predicted molar refractivity (Wildman–Crippen MR) is 82.1 cm³/mol. The van der Waals surface area contributed by atoms with Crippen LogP contribution in [0.2, 0.25) is 0 Å². The minimum absolute atomic E-state index is 0.274. The van der Waals surface area contributed by atoms with Crippen LogP contribution >= 0.6 is 0 Å². The number of hydrogen-bond donors (Lipinski definition) is 1. The lowest BCUT2D eigenvalue weighted by Gasteiger charge is -2.27. The van der Waals surface area contributed by atoms with Gasteiger partial charge in [0, 0.05) is 31.2 Å². The van der Waals surface area contributed by atoms with Gasteiger partial charge in [-0.1, -0.05) is 51.1 Å². The third-order valence-electron chi connectivity index (χ3n) is 3.16. The van der Waals surface area contributed by atoms with Gasteiger partial charge < -0.3 is 5.32 Å². The van der Waals surface area contributed by atoms with Crippen molar-refractivity contribution in [2.75, 3.05) is 0 Å². The molecule has 1 aromatic heterocycles. The largest absolute Gasteiger partial charge is 0.304 e. The van der Waals surface area contributed by atoms with Gasteiger partial charge in [-0.3, -0.25) is 9.97 Å². The number of rotatable bonds is 5. The molecule has 0 aliphatic rings. The summed E-state index contributed by atoms with van der Waals surface area (Å²) in [5, 5.41) is 3.61. The standard InChI is InChI=1S/C17H23N3/c1-17(2,3)11-16(14-7-5-4-6-8-14)20-13-15-12-18-9-10-19-15/h4-10,12,16,20H,11,13H2,1-3H3. The molecule has 106 valence electrons. The molecule has 0 fully saturated rings. The lowest BCUT2D eigenvalue weighted by molar-refractivity contribution is 0.309. The van der Waals surface area contributed by atoms with Gasteiger partial charge in [0.05, 0.1) is 5.69 Å². The molecule has 20 heavy (non-hydrogen) atoms. The topological polar surface area (TPSA) is 37.8 Å². The summed E-state index contributed by atoms with van der Waals surface area (Å²) in [5.41, 5.74) is 2.57. The van der Waals surface area contributed by atoms with E-state index in [1.165, 1.54) is 5.56 Å². The third kappa shape index (κ3) is 4.74. The van der Waals surface area contributed by atoms with Crippen molar-refractivity contribution in [3.8, 4) is 0 Å². The summed E-state index contributed by atoms with van der Waals surface area (Å²) in [7, 11) is 0. The van der Waals surface area contributed by atoms with Gasteiger partial charge in [-0.2, -0.15) is 0 Å². The van der Waals surface area contributed by atoms with E-state index in [0.29, 0.717) is 6.04 Å². The summed E-state index contributed by atoms with van der Waals surface area (Å²) >= 11 is 0. The zero-order chi connectivity index (χ0) is 14.4. The Balaban J connectivity index is 2.07. The lowest BCUT2D eigenvalue weighted by atomic mass is 9.85. The summed E-state index contributed by atoms with van der Waals surface area (Å²) in [6.45, 7) is 7.55. The fraction of sp³-hybridized carbons (Fsp3) is 0.412. The number of nitrogens with one attached hydrogen (secondary N) is 1. The van der Waals surface area contributed by atoms with Crippen molar-refractivity contribution in [2.24, 2.45) is 5.41 Å². The molecule has 0 amide bonds. The quantitative estimate of drug-likeness (QED) is 0.898. The van der Waals surface area contributed by atoms with Crippen LogP contribution in [-0.2, 0) is 6.54 Å². The van der Waals surface area contributed by atoms with Crippen LogP contribution in [0.15, 0.2) is 48.9 Å². The second-order valence-electron chi connectivity index (χ2n) is 6.31. The zero-order valence-corrected chi connectivity index (χ0v) is 12.5. The molecule has 3 nitrogen and oxygen atoms in total. The molecule has 2 aromatic rings. The first-order valence-electron chi connectivity index (χ1n) is 7.08. The van der Waals surface area contributed by atoms with E-state index in [-0.39, 0.29) is 5.41 Å². The van der Waals surface area contributed by atoms with Crippen LogP contribution in [0.25, 0.3) is 0 Å². The fourth-order valence-corrected chi connectivity index (χ4v) is 2.25. The molecular weight excluding hydrogens is 246 g/mol. The average molecular weight is 269 g/mol. The Kier molecular flexibility index (Phi) is 4.85. The molecule has 1 aromatic carbocycles. The summed E-state index contributed by atoms with van der Waals surface area (Å²) in [4.78, 5) is 8.42. The van der Waals surface area contributed by atoms with Crippen LogP contribution in [0, 0.1) is 5.41 Å². The van der Waals surface area contributed by atoms with Crippen molar-refractivity contribution in [3.63, 3.8) is 0 Å². The first kappa shape index (κ1) is 14.7. The molecule has 0 saturated heterocycles. The first-order chi connectivity index (χ1) is 9.54. The van der Waals surface area contributed by atoms with Gasteiger partial charge >= 0.3 is 0 Å². The van der Waals surface area contributed by atoms with E-state index in [2.05, 4.69) is 66.4 Å². The monoisotopic (exact) mass is 269 g/mol. The Labute approximate surface area is 121 Å². The highest BCUT2D eigenvalue weighted by atomic mass is 14.9. The highest BCUT2D eigenvalue weighted by molar-refractivity contribution is 5.19. The lowest BCUT2D eigenvalue weighted by Crippen LogP contribution is -2.25. The number of aromatic nitrogens is 2. The van der Waals surface area contributed by atoms with Crippen LogP contribution < -0.4 is 5.32 Å². The summed E-state index contributed by atoms with van der Waals surface area (Å²) in [6.07, 6.45) is 6.33. The van der Waals surface area contributed by atoms with E-state index in [4.69, 9.17) is 0 Å². The summed E-state index contributed by atoms with van der Waals surface area (Å²) < 4.78 is 0. The molecule has 2 rings (SSSR count). The minimum atomic E-state index is 0.274. The number of nitrogens with zero attached hydrogens (tertiary/aromatic N) is 2. The van der Waals surface area contributed by atoms with Crippen LogP contribution in [0.3, 0.4) is 0 Å². The first-order valence-corrected chi connectivity index (χ1v) is 7.08. The summed E-state index contributed by atoms with van der Waals surface area (Å²) in [5.74, 6) is 0. The van der Waals surface area contributed by atoms with Crippen molar-refractivity contribution >= 4 is 0 Å². The van der Waals surface area contributed by atoms with E-state index in [9.17, 15) is 0 Å². The van der Waals surface area contributed by atoms with Gasteiger partial charge in [-0.25, -0.2) is 0 Å². The minimum Gasteiger partial charge on any atom is -0.304 e. The maximum absolute atomic E-state index is 4.32. The molecule has 1 unspecified atom stereocenters. The third-order valence-corrected chi connectivity index (χ3v) is 3.16. The van der Waals surface area contributed by atoms with Crippen molar-refractivity contribution in [3.05, 3.63) is 60.2 Å². The molecule has 0 radical (unpaired) electrons. The predicted octanol–water partition coefficient (Wildman–Crippen LogP) is 3.74. The molecular formula is C17H23N3. The number of hydrogen-bond acceptors (Lipinski definition) is 3. The van der Waals surface area contributed by atoms with Crippen molar-refractivity contribution in [1.82, 2.24) is 15.3 Å². The van der Waals surface area contributed by atoms with Crippen molar-refractivity contribution in [1.29, 1.82) is 0 Å². The molecule has 1 heterocycles. The molecule has 1 atom stereocenters. The van der Waals surface area contributed by atoms with Gasteiger partial charge in [0.25, 0.3) is 0 Å². The van der Waals surface area contributed by atoms with E-state index in [1.54, 1.807) is 12.4 Å². The highest BCUT2D eigenvalue weighted by Gasteiger charge is 2.19. The van der Waals surface area contributed by atoms with Gasteiger partial charge in [0.15, 0.2) is 0 Å². The Hall–Kier alpha value is -1.74. The Morgan fingerprint density at radius 1 is 1.10 bits per heavy atom. The summed E-state index contributed by atoms with van der Waals surface area (Å²) in [6, 6.07) is 10.9. The van der Waals surface area contributed by atoms with E-state index in [1.807, 2.05) is 6.20 Å². The molecule has 3 heteroatoms. The van der Waals surface area contributed by atoms with Gasteiger partial charge in [-0.05, 0) is 17.4 Å². The van der Waals surface area contributed by atoms with Crippen LogP contribution in [-0.4, -0.2) is 9.97 Å². The molecule has 1 N–H and O–H groups in total. The van der Waals surface area contributed by atoms with E-state index in [0.717, 1.165) is 18.7 Å². The van der Waals surface area contributed by atoms with Crippen LogP contribution in [0.1, 0.15) is 44.5 Å². The van der Waals surface area contributed by atoms with Gasteiger partial charge in [0.1, 0.15) is 0 Å². The Morgan fingerprint density at radius 2 is 1.85 bits per heavy atom. The second kappa shape index (κ2) is 6.62. The zero-order valence-electron chi connectivity index (χ0n) is 12.5. The average Bonchev–Trinajstić information content (AvgIpc) is 2.44. The van der Waals surface area contributed by atoms with E-state index < -0.39 is 0 Å². The fourth-order valence-electron chi connectivity index (χ4n) is 2.25. The van der Waals surface area contributed by atoms with Crippen LogP contribution in [0.5, 0.6) is 0 Å². The van der Waals surface area contributed by atoms with Gasteiger partial charge in [-0.15, -0.1) is 0 Å². The SMILES string of the molecule is CC(C)(C)CC(NCc1cnccn1)c1ccccc1. The Bertz CT molecular complexity index is 503. The second-order valence-corrected chi connectivity index (χ2v) is 6.31. The molecule has 0 aliphatic heterocycles. The molecule has 0 bridgehead atoms. The maximum atomic E-state index is 4.32. The van der Waals surface area contributed by atoms with Crippen molar-refractivity contribution in [2.45, 2.75) is 39.8 Å². The number of benzene rings is 1. The van der Waals surface area contributed by atoms with E-state index >= 15 is 0 Å². The normalized spacial score (nSPS) is 13.2. The Morgan fingerprint density at radius 3 is 2.45 bits per heavy atom. The van der Waals surface area contributed by atoms with Gasteiger partial charge in [0.2, 0.25) is 0 Å². The van der Waals surface area contributed by atoms with Crippen molar-refractivity contribution < 1.29 is 0 Å². The molecule has 0 spiro atoms. The molecule has 0 aliphatic carbocycles. The highest BCUT2D eigenvalue weighted by Crippen LogP contribution is 2.29. The smallest absolute Gasteiger partial charge is 0.0724 e. The molecule has 0 saturated carbocycles. The van der Waals surface area contributed by atoms with Crippen LogP contribution in [0.4, 0.5) is 0 Å².